The number of likely N-dealkylation sites (tertiary alicyclic amines) is 1. The van der Waals surface area contributed by atoms with Crippen LogP contribution in [-0.2, 0) is 21.4 Å². The molecule has 0 bridgehead atoms. The normalized spacial score (nSPS) is 16.0. The Balaban J connectivity index is 1.62. The van der Waals surface area contributed by atoms with E-state index in [9.17, 15) is 19.5 Å². The van der Waals surface area contributed by atoms with Crippen LogP contribution in [-0.4, -0.2) is 45.4 Å². The van der Waals surface area contributed by atoms with Gasteiger partial charge in [0.15, 0.2) is 0 Å². The van der Waals surface area contributed by atoms with Gasteiger partial charge < -0.3 is 15.0 Å². The Morgan fingerprint density at radius 2 is 1.92 bits per heavy atom. The molecule has 0 aliphatic carbocycles. The number of imide groups is 1. The van der Waals surface area contributed by atoms with Crippen LogP contribution in [0.5, 0.6) is 0 Å². The number of hydrogen-bond donors (Lipinski definition) is 2. The summed E-state index contributed by atoms with van der Waals surface area (Å²) in [5.74, 6) is -1.12. The highest BCUT2D eigenvalue weighted by atomic mass is 16.3. The summed E-state index contributed by atoms with van der Waals surface area (Å²) in [6.07, 6.45) is 1.27. The van der Waals surface area contributed by atoms with Gasteiger partial charge in [0.2, 0.25) is 17.7 Å². The van der Waals surface area contributed by atoms with E-state index in [-0.39, 0.29) is 37.7 Å². The molecule has 24 heavy (non-hydrogen) atoms. The number of nitrogens with zero attached hydrogens (tertiary/aromatic N) is 2. The van der Waals surface area contributed by atoms with Gasteiger partial charge in [-0.05, 0) is 6.07 Å². The molecule has 1 aliphatic heterocycles. The van der Waals surface area contributed by atoms with E-state index < -0.39 is 12.0 Å². The minimum absolute atomic E-state index is 0.0169. The highest BCUT2D eigenvalue weighted by molar-refractivity contribution is 6.04. The number of nitrogens with one attached hydrogen (secondary N) is 1. The van der Waals surface area contributed by atoms with Gasteiger partial charge in [-0.3, -0.25) is 19.3 Å². The molecule has 0 saturated carbocycles. The van der Waals surface area contributed by atoms with Crippen LogP contribution in [0.3, 0.4) is 0 Å². The lowest BCUT2D eigenvalue weighted by Gasteiger charge is -2.15. The number of fused-ring (bicyclic) bond motifs is 1. The van der Waals surface area contributed by atoms with Crippen molar-refractivity contribution in [3.8, 4) is 0 Å². The van der Waals surface area contributed by atoms with Gasteiger partial charge in [-0.15, -0.1) is 0 Å². The van der Waals surface area contributed by atoms with E-state index in [0.717, 1.165) is 21.4 Å². The van der Waals surface area contributed by atoms with Gasteiger partial charge in [0.25, 0.3) is 0 Å². The number of aryl methyl sites for hydroxylation is 1. The fraction of sp³-hybridized carbons (Fsp3) is 0.353. The number of benzene rings is 1. The molecule has 7 nitrogen and oxygen atoms in total. The van der Waals surface area contributed by atoms with Gasteiger partial charge in [-0.25, -0.2) is 0 Å². The summed E-state index contributed by atoms with van der Waals surface area (Å²) in [5, 5.41) is 13.9. The SMILES string of the molecule is Cn1cc(C(O)CNC(=O)CN2C(=O)CCC2=O)c2ccccc21. The number of para-hydroxylation sites is 1. The number of amides is 3. The molecule has 0 radical (unpaired) electrons. The molecule has 2 aromatic rings. The summed E-state index contributed by atoms with van der Waals surface area (Å²) in [7, 11) is 1.89. The number of carbonyl (C=O) groups excluding carboxylic acids is 3. The van der Waals surface area contributed by atoms with Gasteiger partial charge in [0, 0.05) is 49.1 Å². The second kappa shape index (κ2) is 6.45. The Morgan fingerprint density at radius 3 is 2.62 bits per heavy atom. The molecule has 126 valence electrons. The highest BCUT2D eigenvalue weighted by Gasteiger charge is 2.30. The Kier molecular flexibility index (Phi) is 4.35. The average molecular weight is 329 g/mol. The minimum atomic E-state index is -0.870. The van der Waals surface area contributed by atoms with Crippen molar-refractivity contribution in [2.75, 3.05) is 13.1 Å². The van der Waals surface area contributed by atoms with Crippen molar-refractivity contribution < 1.29 is 19.5 Å². The fourth-order valence-corrected chi connectivity index (χ4v) is 2.96. The second-order valence-electron chi connectivity index (χ2n) is 5.91. The maximum Gasteiger partial charge on any atom is 0.240 e. The van der Waals surface area contributed by atoms with E-state index in [4.69, 9.17) is 0 Å². The maximum atomic E-state index is 11.9. The van der Waals surface area contributed by atoms with Gasteiger partial charge in [0.1, 0.15) is 6.54 Å². The van der Waals surface area contributed by atoms with E-state index in [1.54, 1.807) is 0 Å². The first kappa shape index (κ1) is 16.2. The fourth-order valence-electron chi connectivity index (χ4n) is 2.96. The molecule has 1 aliphatic rings. The van der Waals surface area contributed by atoms with Crippen LogP contribution in [0.1, 0.15) is 24.5 Å². The largest absolute Gasteiger partial charge is 0.386 e. The number of aliphatic hydroxyl groups excluding tert-OH is 1. The summed E-state index contributed by atoms with van der Waals surface area (Å²) >= 11 is 0. The first-order valence-corrected chi connectivity index (χ1v) is 7.79. The smallest absolute Gasteiger partial charge is 0.240 e. The second-order valence-corrected chi connectivity index (χ2v) is 5.91. The van der Waals surface area contributed by atoms with Crippen LogP contribution in [0.15, 0.2) is 30.5 Å². The van der Waals surface area contributed by atoms with Crippen molar-refractivity contribution in [2.24, 2.45) is 7.05 Å². The zero-order chi connectivity index (χ0) is 17.3. The summed E-state index contributed by atoms with van der Waals surface area (Å²) in [4.78, 5) is 35.9. The van der Waals surface area contributed by atoms with E-state index in [2.05, 4.69) is 5.32 Å². The number of aromatic nitrogens is 1. The van der Waals surface area contributed by atoms with Gasteiger partial charge >= 0.3 is 0 Å². The standard InChI is InChI=1S/C17H19N3O4/c1-19-9-12(11-4-2-3-5-13(11)19)14(21)8-18-15(22)10-20-16(23)6-7-17(20)24/h2-5,9,14,21H,6-8,10H2,1H3,(H,18,22). The summed E-state index contributed by atoms with van der Waals surface area (Å²) in [6, 6.07) is 7.68. The zero-order valence-electron chi connectivity index (χ0n) is 13.4. The third-order valence-electron chi connectivity index (χ3n) is 4.24. The topological polar surface area (TPSA) is 91.6 Å². The molecule has 1 aromatic heterocycles. The number of rotatable bonds is 5. The quantitative estimate of drug-likeness (QED) is 0.781. The van der Waals surface area contributed by atoms with Crippen molar-refractivity contribution in [1.82, 2.24) is 14.8 Å². The minimum Gasteiger partial charge on any atom is -0.386 e. The summed E-state index contributed by atoms with van der Waals surface area (Å²) < 4.78 is 1.91. The molecule has 1 saturated heterocycles. The van der Waals surface area contributed by atoms with Gasteiger partial charge in [0.05, 0.1) is 6.10 Å². The summed E-state index contributed by atoms with van der Waals surface area (Å²) in [5.41, 5.74) is 1.72. The van der Waals surface area contributed by atoms with Crippen molar-refractivity contribution in [3.63, 3.8) is 0 Å². The van der Waals surface area contributed by atoms with E-state index in [1.807, 2.05) is 42.1 Å². The third-order valence-corrected chi connectivity index (χ3v) is 4.24. The molecule has 0 spiro atoms. The number of hydrogen-bond acceptors (Lipinski definition) is 4. The molecule has 3 rings (SSSR count). The number of aliphatic hydroxyl groups is 1. The van der Waals surface area contributed by atoms with Crippen LogP contribution in [0.25, 0.3) is 10.9 Å². The van der Waals surface area contributed by atoms with Crippen molar-refractivity contribution in [1.29, 1.82) is 0 Å². The average Bonchev–Trinajstić information content (AvgIpc) is 3.07. The number of carbonyl (C=O) groups is 3. The predicted molar refractivity (Wildman–Crippen MR) is 86.8 cm³/mol. The molecule has 2 heterocycles. The highest BCUT2D eigenvalue weighted by Crippen LogP contribution is 2.25. The zero-order valence-corrected chi connectivity index (χ0v) is 13.4. The molecule has 1 unspecified atom stereocenters. The molecule has 1 aromatic carbocycles. The molecule has 1 fully saturated rings. The van der Waals surface area contributed by atoms with Crippen LogP contribution in [0.4, 0.5) is 0 Å². The van der Waals surface area contributed by atoms with E-state index in [1.165, 1.54) is 0 Å². The third kappa shape index (κ3) is 3.03. The Morgan fingerprint density at radius 1 is 1.25 bits per heavy atom. The van der Waals surface area contributed by atoms with Crippen molar-refractivity contribution in [3.05, 3.63) is 36.0 Å². The van der Waals surface area contributed by atoms with E-state index >= 15 is 0 Å². The Bertz CT molecular complexity index is 795. The molecular formula is C17H19N3O4. The van der Waals surface area contributed by atoms with E-state index in [0.29, 0.717) is 0 Å². The predicted octanol–water partition coefficient (Wildman–Crippen LogP) is 0.477. The first-order chi connectivity index (χ1) is 11.5. The lowest BCUT2D eigenvalue weighted by atomic mass is 10.1. The lowest BCUT2D eigenvalue weighted by molar-refractivity contribution is -0.142. The summed E-state index contributed by atoms with van der Waals surface area (Å²) in [6.45, 7) is -0.275. The molecular weight excluding hydrogens is 310 g/mol. The van der Waals surface area contributed by atoms with Crippen LogP contribution >= 0.6 is 0 Å². The maximum absolute atomic E-state index is 11.9. The lowest BCUT2D eigenvalue weighted by Crippen LogP contribution is -2.41. The molecule has 7 heteroatoms. The van der Waals surface area contributed by atoms with Crippen LogP contribution < -0.4 is 5.32 Å². The Hall–Kier alpha value is -2.67. The molecule has 1 atom stereocenters. The van der Waals surface area contributed by atoms with Crippen LogP contribution in [0, 0.1) is 0 Å². The van der Waals surface area contributed by atoms with Crippen LogP contribution in [0.2, 0.25) is 0 Å². The Labute approximate surface area is 138 Å². The molecule has 3 amide bonds. The van der Waals surface area contributed by atoms with Crippen molar-refractivity contribution >= 4 is 28.6 Å². The monoisotopic (exact) mass is 329 g/mol. The molecule has 2 N–H and O–H groups in total. The van der Waals surface area contributed by atoms with Gasteiger partial charge in [-0.1, -0.05) is 18.2 Å². The first-order valence-electron chi connectivity index (χ1n) is 7.79. The van der Waals surface area contributed by atoms with Gasteiger partial charge in [-0.2, -0.15) is 0 Å². The van der Waals surface area contributed by atoms with Crippen molar-refractivity contribution in [2.45, 2.75) is 18.9 Å².